The molecule has 1 saturated heterocycles. The molecule has 17 heavy (non-hydrogen) atoms. The predicted molar refractivity (Wildman–Crippen MR) is 76.1 cm³/mol. The Balaban J connectivity index is 1.66. The fourth-order valence-electron chi connectivity index (χ4n) is 2.31. The molecule has 2 heterocycles. The van der Waals surface area contributed by atoms with Crippen molar-refractivity contribution in [1.82, 2.24) is 10.2 Å². The molecule has 0 aliphatic carbocycles. The van der Waals surface area contributed by atoms with Crippen molar-refractivity contribution < 1.29 is 0 Å². The first kappa shape index (κ1) is 13.3. The van der Waals surface area contributed by atoms with Crippen LogP contribution in [0.25, 0.3) is 0 Å². The number of halogens is 1. The van der Waals surface area contributed by atoms with Crippen molar-refractivity contribution in [1.29, 1.82) is 0 Å². The number of rotatable bonds is 5. The lowest BCUT2D eigenvalue weighted by Gasteiger charge is -2.20. The predicted octanol–water partition coefficient (Wildman–Crippen LogP) is 3.02. The molecule has 1 aromatic rings. The first-order chi connectivity index (χ1) is 8.15. The van der Waals surface area contributed by atoms with Gasteiger partial charge in [-0.15, -0.1) is 11.3 Å². The van der Waals surface area contributed by atoms with Crippen LogP contribution in [0.4, 0.5) is 0 Å². The molecular formula is C13H21ClN2S. The molecule has 0 spiro atoms. The van der Waals surface area contributed by atoms with Gasteiger partial charge in [0.25, 0.3) is 0 Å². The van der Waals surface area contributed by atoms with Crippen LogP contribution in [0.5, 0.6) is 0 Å². The summed E-state index contributed by atoms with van der Waals surface area (Å²) in [5.41, 5.74) is 0. The van der Waals surface area contributed by atoms with Gasteiger partial charge in [0.1, 0.15) is 0 Å². The molecule has 1 aliphatic rings. The minimum atomic E-state index is 0.674. The van der Waals surface area contributed by atoms with Gasteiger partial charge in [0, 0.05) is 30.1 Å². The highest BCUT2D eigenvalue weighted by molar-refractivity contribution is 7.16. The van der Waals surface area contributed by atoms with E-state index in [0.29, 0.717) is 12.1 Å². The largest absolute Gasteiger partial charge is 0.312 e. The third-order valence-corrected chi connectivity index (χ3v) is 4.67. The molecule has 2 nitrogen and oxygen atoms in total. The van der Waals surface area contributed by atoms with Crippen molar-refractivity contribution in [2.24, 2.45) is 0 Å². The van der Waals surface area contributed by atoms with Gasteiger partial charge >= 0.3 is 0 Å². The van der Waals surface area contributed by atoms with Crippen LogP contribution in [0.3, 0.4) is 0 Å². The summed E-state index contributed by atoms with van der Waals surface area (Å²) in [6.45, 7) is 8.04. The molecule has 0 saturated carbocycles. The minimum Gasteiger partial charge on any atom is -0.312 e. The zero-order chi connectivity index (χ0) is 12.3. The van der Waals surface area contributed by atoms with Crippen LogP contribution in [0.1, 0.15) is 25.1 Å². The van der Waals surface area contributed by atoms with E-state index in [-0.39, 0.29) is 0 Å². The average molecular weight is 273 g/mol. The molecule has 0 radical (unpaired) electrons. The van der Waals surface area contributed by atoms with Crippen molar-refractivity contribution >= 4 is 22.9 Å². The van der Waals surface area contributed by atoms with Gasteiger partial charge in [0.05, 0.1) is 4.34 Å². The van der Waals surface area contributed by atoms with Crippen molar-refractivity contribution in [3.05, 3.63) is 21.3 Å². The Morgan fingerprint density at radius 3 is 2.94 bits per heavy atom. The van der Waals surface area contributed by atoms with Gasteiger partial charge in [-0.2, -0.15) is 0 Å². The zero-order valence-electron chi connectivity index (χ0n) is 10.6. The topological polar surface area (TPSA) is 15.3 Å². The summed E-state index contributed by atoms with van der Waals surface area (Å²) in [4.78, 5) is 3.92. The summed E-state index contributed by atoms with van der Waals surface area (Å²) in [5, 5.41) is 3.65. The fraction of sp³-hybridized carbons (Fsp3) is 0.692. The van der Waals surface area contributed by atoms with Gasteiger partial charge in [-0.05, 0) is 45.4 Å². The highest BCUT2D eigenvalue weighted by Crippen LogP contribution is 2.21. The molecule has 1 aromatic heterocycles. The lowest BCUT2D eigenvalue weighted by molar-refractivity contribution is 0.268. The second kappa shape index (κ2) is 6.19. The van der Waals surface area contributed by atoms with Gasteiger partial charge in [-0.3, -0.25) is 4.90 Å². The highest BCUT2D eigenvalue weighted by atomic mass is 35.5. The Bertz CT molecular complexity index is 351. The van der Waals surface area contributed by atoms with Crippen LogP contribution in [0.2, 0.25) is 4.34 Å². The zero-order valence-corrected chi connectivity index (χ0v) is 12.2. The Kier molecular flexibility index (Phi) is 4.86. The fourth-order valence-corrected chi connectivity index (χ4v) is 3.40. The molecule has 96 valence electrons. The first-order valence-corrected chi connectivity index (χ1v) is 7.56. The summed E-state index contributed by atoms with van der Waals surface area (Å²) in [5.74, 6) is 0. The van der Waals surface area contributed by atoms with Gasteiger partial charge in [-0.1, -0.05) is 11.6 Å². The number of likely N-dealkylation sites (tertiary alicyclic amines) is 1. The van der Waals surface area contributed by atoms with Gasteiger partial charge in [-0.25, -0.2) is 0 Å². The van der Waals surface area contributed by atoms with Gasteiger partial charge in [0.15, 0.2) is 0 Å². The van der Waals surface area contributed by atoms with E-state index in [1.807, 2.05) is 6.07 Å². The highest BCUT2D eigenvalue weighted by Gasteiger charge is 2.23. The standard InChI is InChI=1S/C13H21ClN2S/c1-10(2)16-8-6-11(9-16)15-7-5-12-3-4-13(14)17-12/h3-4,10-11,15H,5-9H2,1-2H3. The second-order valence-corrected chi connectivity index (χ2v) is 6.78. The molecule has 1 unspecified atom stereocenters. The van der Waals surface area contributed by atoms with Crippen molar-refractivity contribution in [3.8, 4) is 0 Å². The first-order valence-electron chi connectivity index (χ1n) is 6.37. The second-order valence-electron chi connectivity index (χ2n) is 4.98. The van der Waals surface area contributed by atoms with Crippen LogP contribution in [-0.2, 0) is 6.42 Å². The molecule has 4 heteroatoms. The van der Waals surface area contributed by atoms with Crippen LogP contribution in [0, 0.1) is 0 Å². The molecule has 1 aliphatic heterocycles. The summed E-state index contributed by atoms with van der Waals surface area (Å²) in [7, 11) is 0. The maximum absolute atomic E-state index is 5.91. The minimum absolute atomic E-state index is 0.674. The van der Waals surface area contributed by atoms with E-state index in [9.17, 15) is 0 Å². The molecule has 0 amide bonds. The molecule has 1 N–H and O–H groups in total. The molecule has 1 atom stereocenters. The van der Waals surface area contributed by atoms with Gasteiger partial charge in [0.2, 0.25) is 0 Å². The van der Waals surface area contributed by atoms with Crippen molar-refractivity contribution in [2.75, 3.05) is 19.6 Å². The number of thiophene rings is 1. The summed E-state index contributed by atoms with van der Waals surface area (Å²) < 4.78 is 0.895. The summed E-state index contributed by atoms with van der Waals surface area (Å²) >= 11 is 7.60. The van der Waals surface area contributed by atoms with E-state index >= 15 is 0 Å². The third-order valence-electron chi connectivity index (χ3n) is 3.38. The van der Waals surface area contributed by atoms with Crippen LogP contribution in [0.15, 0.2) is 12.1 Å². The van der Waals surface area contributed by atoms with Crippen molar-refractivity contribution in [3.63, 3.8) is 0 Å². The summed E-state index contributed by atoms with van der Waals surface area (Å²) in [6, 6.07) is 5.47. The lowest BCUT2D eigenvalue weighted by atomic mass is 10.2. The monoisotopic (exact) mass is 272 g/mol. The van der Waals surface area contributed by atoms with Crippen LogP contribution in [-0.4, -0.2) is 36.6 Å². The molecule has 2 rings (SSSR count). The maximum Gasteiger partial charge on any atom is 0.0931 e. The number of hydrogen-bond acceptors (Lipinski definition) is 3. The number of hydrogen-bond donors (Lipinski definition) is 1. The third kappa shape index (κ3) is 3.95. The molecule has 1 fully saturated rings. The summed E-state index contributed by atoms with van der Waals surface area (Å²) in [6.07, 6.45) is 2.37. The Morgan fingerprint density at radius 1 is 1.53 bits per heavy atom. The van der Waals surface area contributed by atoms with Crippen LogP contribution < -0.4 is 5.32 Å². The van der Waals surface area contributed by atoms with E-state index in [4.69, 9.17) is 11.6 Å². The van der Waals surface area contributed by atoms with E-state index in [1.54, 1.807) is 11.3 Å². The Hall–Kier alpha value is -0.0900. The Labute approximate surface area is 113 Å². The quantitative estimate of drug-likeness (QED) is 0.886. The van der Waals surface area contributed by atoms with E-state index < -0.39 is 0 Å². The normalized spacial score (nSPS) is 21.5. The smallest absolute Gasteiger partial charge is 0.0931 e. The number of nitrogens with one attached hydrogen (secondary N) is 1. The lowest BCUT2D eigenvalue weighted by Crippen LogP contribution is -2.35. The SMILES string of the molecule is CC(C)N1CCC(NCCc2ccc(Cl)s2)C1. The Morgan fingerprint density at radius 2 is 2.35 bits per heavy atom. The van der Waals surface area contributed by atoms with Crippen molar-refractivity contribution in [2.45, 2.75) is 38.8 Å². The van der Waals surface area contributed by atoms with E-state index in [1.165, 1.54) is 24.4 Å². The van der Waals surface area contributed by atoms with E-state index in [2.05, 4.69) is 30.1 Å². The molecule has 0 bridgehead atoms. The molecular weight excluding hydrogens is 252 g/mol. The molecule has 0 aromatic carbocycles. The van der Waals surface area contributed by atoms with Gasteiger partial charge < -0.3 is 5.32 Å². The van der Waals surface area contributed by atoms with E-state index in [0.717, 1.165) is 17.3 Å². The maximum atomic E-state index is 5.91. The number of nitrogens with zero attached hydrogens (tertiary/aromatic N) is 1. The average Bonchev–Trinajstić information content (AvgIpc) is 2.88. The van der Waals surface area contributed by atoms with Crippen LogP contribution >= 0.6 is 22.9 Å².